The molecule has 0 saturated carbocycles. The van der Waals surface area contributed by atoms with E-state index in [-0.39, 0.29) is 5.54 Å². The molecular weight excluding hydrogens is 210 g/mol. The molecule has 17 heavy (non-hydrogen) atoms. The van der Waals surface area contributed by atoms with Crippen LogP contribution in [0.25, 0.3) is 0 Å². The summed E-state index contributed by atoms with van der Waals surface area (Å²) < 4.78 is 5.73. The van der Waals surface area contributed by atoms with Crippen LogP contribution in [0.1, 0.15) is 39.7 Å². The molecule has 0 amide bonds. The first-order chi connectivity index (χ1) is 8.07. The van der Waals surface area contributed by atoms with E-state index in [4.69, 9.17) is 4.74 Å². The van der Waals surface area contributed by atoms with Crippen molar-refractivity contribution in [3.8, 4) is 5.75 Å². The Labute approximate surface area is 105 Å². The highest BCUT2D eigenvalue weighted by Gasteiger charge is 2.12. The topological polar surface area (TPSA) is 21.3 Å². The maximum atomic E-state index is 5.73. The van der Waals surface area contributed by atoms with Gasteiger partial charge in [-0.2, -0.15) is 0 Å². The van der Waals surface area contributed by atoms with E-state index in [1.807, 2.05) is 6.07 Å². The van der Waals surface area contributed by atoms with E-state index in [0.29, 0.717) is 0 Å². The third kappa shape index (κ3) is 5.22. The fourth-order valence-corrected chi connectivity index (χ4v) is 1.54. The predicted molar refractivity (Wildman–Crippen MR) is 73.7 cm³/mol. The van der Waals surface area contributed by atoms with E-state index in [1.165, 1.54) is 5.56 Å². The minimum absolute atomic E-state index is 0.203. The van der Waals surface area contributed by atoms with Crippen molar-refractivity contribution in [3.63, 3.8) is 0 Å². The summed E-state index contributed by atoms with van der Waals surface area (Å²) in [6.07, 6.45) is 2.18. The lowest BCUT2D eigenvalue weighted by Crippen LogP contribution is -2.40. The third-order valence-electron chi connectivity index (χ3n) is 3.16. The Morgan fingerprint density at radius 2 is 2.00 bits per heavy atom. The van der Waals surface area contributed by atoms with Gasteiger partial charge in [0.25, 0.3) is 0 Å². The van der Waals surface area contributed by atoms with Crippen LogP contribution in [0, 0.1) is 0 Å². The maximum absolute atomic E-state index is 5.73. The molecule has 0 atom stereocenters. The summed E-state index contributed by atoms with van der Waals surface area (Å²) in [6, 6.07) is 8.32. The molecule has 2 heteroatoms. The molecule has 1 aromatic rings. The Bertz CT molecular complexity index is 333. The van der Waals surface area contributed by atoms with Gasteiger partial charge in [-0.05, 0) is 44.4 Å². The van der Waals surface area contributed by atoms with E-state index in [1.54, 1.807) is 0 Å². The monoisotopic (exact) mass is 235 g/mol. The number of hydrogen-bond donors (Lipinski definition) is 1. The van der Waals surface area contributed by atoms with Gasteiger partial charge >= 0.3 is 0 Å². The first-order valence-corrected chi connectivity index (χ1v) is 6.54. The van der Waals surface area contributed by atoms with Crippen LogP contribution in [-0.4, -0.2) is 18.7 Å². The van der Waals surface area contributed by atoms with Gasteiger partial charge in [-0.3, -0.25) is 0 Å². The number of ether oxygens (including phenoxy) is 1. The minimum Gasteiger partial charge on any atom is -0.492 e. The highest BCUT2D eigenvalue weighted by molar-refractivity contribution is 5.28. The number of hydrogen-bond acceptors (Lipinski definition) is 2. The quantitative estimate of drug-likeness (QED) is 0.731. The molecule has 1 rings (SSSR count). The summed E-state index contributed by atoms with van der Waals surface area (Å²) in [5.74, 6) is 0.973. The van der Waals surface area contributed by atoms with E-state index in [9.17, 15) is 0 Å². The van der Waals surface area contributed by atoms with Crippen molar-refractivity contribution >= 4 is 0 Å². The standard InChI is InChI=1S/C15H25NO/c1-5-13-8-7-9-14(12-13)17-11-10-16-15(3,4)6-2/h7-9,12,16H,5-6,10-11H2,1-4H3. The van der Waals surface area contributed by atoms with E-state index in [0.717, 1.165) is 31.7 Å². The summed E-state index contributed by atoms with van der Waals surface area (Å²) in [6.45, 7) is 10.4. The fourth-order valence-electron chi connectivity index (χ4n) is 1.54. The average Bonchev–Trinajstić information content (AvgIpc) is 2.35. The van der Waals surface area contributed by atoms with Gasteiger partial charge in [0.2, 0.25) is 0 Å². The molecular formula is C15H25NO. The second-order valence-corrected chi connectivity index (χ2v) is 5.01. The summed E-state index contributed by atoms with van der Waals surface area (Å²) in [5.41, 5.74) is 1.53. The highest BCUT2D eigenvalue weighted by atomic mass is 16.5. The molecule has 0 spiro atoms. The first-order valence-electron chi connectivity index (χ1n) is 6.54. The lowest BCUT2D eigenvalue weighted by Gasteiger charge is -2.24. The Balaban J connectivity index is 2.31. The van der Waals surface area contributed by atoms with Crippen molar-refractivity contribution in [3.05, 3.63) is 29.8 Å². The SMILES string of the molecule is CCc1cccc(OCCNC(C)(C)CC)c1. The normalized spacial score (nSPS) is 11.5. The number of aryl methyl sites for hydroxylation is 1. The van der Waals surface area contributed by atoms with Crippen LogP contribution in [-0.2, 0) is 6.42 Å². The molecule has 0 unspecified atom stereocenters. The molecule has 0 heterocycles. The van der Waals surface area contributed by atoms with E-state index < -0.39 is 0 Å². The molecule has 96 valence electrons. The van der Waals surface area contributed by atoms with Crippen LogP contribution in [0.2, 0.25) is 0 Å². The van der Waals surface area contributed by atoms with Gasteiger partial charge in [0, 0.05) is 12.1 Å². The number of benzene rings is 1. The van der Waals surface area contributed by atoms with Crippen molar-refractivity contribution in [2.24, 2.45) is 0 Å². The summed E-state index contributed by atoms with van der Waals surface area (Å²) in [4.78, 5) is 0. The second kappa shape index (κ2) is 6.65. The fraction of sp³-hybridized carbons (Fsp3) is 0.600. The van der Waals surface area contributed by atoms with E-state index >= 15 is 0 Å². The number of nitrogens with one attached hydrogen (secondary N) is 1. The Morgan fingerprint density at radius 3 is 2.65 bits per heavy atom. The molecule has 1 N–H and O–H groups in total. The maximum Gasteiger partial charge on any atom is 0.119 e. The van der Waals surface area contributed by atoms with Gasteiger partial charge in [-0.25, -0.2) is 0 Å². The molecule has 1 aromatic carbocycles. The molecule has 2 nitrogen and oxygen atoms in total. The van der Waals surface area contributed by atoms with Crippen molar-refractivity contribution in [1.82, 2.24) is 5.32 Å². The zero-order valence-electron chi connectivity index (χ0n) is 11.5. The van der Waals surface area contributed by atoms with Gasteiger partial charge in [-0.15, -0.1) is 0 Å². The van der Waals surface area contributed by atoms with Gasteiger partial charge in [0.1, 0.15) is 12.4 Å². The largest absolute Gasteiger partial charge is 0.492 e. The van der Waals surface area contributed by atoms with Gasteiger partial charge < -0.3 is 10.1 Å². The Morgan fingerprint density at radius 1 is 1.24 bits per heavy atom. The van der Waals surface area contributed by atoms with E-state index in [2.05, 4.69) is 51.2 Å². The van der Waals surface area contributed by atoms with Crippen molar-refractivity contribution in [2.45, 2.75) is 46.1 Å². The number of rotatable bonds is 7. The smallest absolute Gasteiger partial charge is 0.119 e. The highest BCUT2D eigenvalue weighted by Crippen LogP contribution is 2.13. The lowest BCUT2D eigenvalue weighted by atomic mass is 10.0. The van der Waals surface area contributed by atoms with Crippen LogP contribution in [0.5, 0.6) is 5.75 Å². The molecule has 0 aliphatic carbocycles. The van der Waals surface area contributed by atoms with Crippen LogP contribution >= 0.6 is 0 Å². The Hall–Kier alpha value is -1.02. The zero-order chi connectivity index (χ0) is 12.7. The summed E-state index contributed by atoms with van der Waals surface area (Å²) in [7, 11) is 0. The van der Waals surface area contributed by atoms with Gasteiger partial charge in [0.15, 0.2) is 0 Å². The third-order valence-corrected chi connectivity index (χ3v) is 3.16. The van der Waals surface area contributed by atoms with Crippen LogP contribution in [0.3, 0.4) is 0 Å². The molecule has 0 bridgehead atoms. The van der Waals surface area contributed by atoms with Gasteiger partial charge in [-0.1, -0.05) is 26.0 Å². The molecule has 0 radical (unpaired) electrons. The molecule has 0 saturated heterocycles. The van der Waals surface area contributed by atoms with Crippen LogP contribution in [0.4, 0.5) is 0 Å². The van der Waals surface area contributed by atoms with Gasteiger partial charge in [0.05, 0.1) is 0 Å². The molecule has 0 fully saturated rings. The molecule has 0 aromatic heterocycles. The molecule has 0 aliphatic heterocycles. The predicted octanol–water partition coefficient (Wildman–Crippen LogP) is 3.41. The zero-order valence-corrected chi connectivity index (χ0v) is 11.5. The molecule has 0 aliphatic rings. The van der Waals surface area contributed by atoms with Crippen molar-refractivity contribution < 1.29 is 4.74 Å². The minimum atomic E-state index is 0.203. The Kier molecular flexibility index (Phi) is 5.49. The first kappa shape index (κ1) is 14.0. The van der Waals surface area contributed by atoms with Crippen LogP contribution < -0.4 is 10.1 Å². The lowest BCUT2D eigenvalue weighted by molar-refractivity contribution is 0.280. The second-order valence-electron chi connectivity index (χ2n) is 5.01. The average molecular weight is 235 g/mol. The summed E-state index contributed by atoms with van der Waals surface area (Å²) >= 11 is 0. The summed E-state index contributed by atoms with van der Waals surface area (Å²) in [5, 5.41) is 3.48. The van der Waals surface area contributed by atoms with Crippen LogP contribution in [0.15, 0.2) is 24.3 Å². The van der Waals surface area contributed by atoms with Crippen molar-refractivity contribution in [2.75, 3.05) is 13.2 Å². The van der Waals surface area contributed by atoms with Crippen molar-refractivity contribution in [1.29, 1.82) is 0 Å².